The number of aliphatic carboxylic acids is 1. The molecule has 45 heavy (non-hydrogen) atoms. The number of rotatable bonds is 13. The van der Waals surface area contributed by atoms with Crippen molar-refractivity contribution < 1.29 is 19.1 Å². The topological polar surface area (TPSA) is 91.6 Å². The number of carboxylic acid groups (broad SMARTS) is 1. The summed E-state index contributed by atoms with van der Waals surface area (Å²) >= 11 is 0. The number of aromatic nitrogens is 1. The van der Waals surface area contributed by atoms with Crippen molar-refractivity contribution in [1.29, 1.82) is 0 Å². The molecule has 9 heteroatoms. The number of hydrogen-bond acceptors (Lipinski definition) is 4. The molecule has 2 aromatic carbocycles. The number of amides is 1. The highest BCUT2D eigenvalue weighted by Crippen LogP contribution is 2.34. The molecule has 2 N–H and O–H groups in total. The second kappa shape index (κ2) is 16.2. The number of carbonyl (C=O) groups excluding carboxylic acids is 1. The second-order valence-corrected chi connectivity index (χ2v) is 12.9. The van der Waals surface area contributed by atoms with Gasteiger partial charge in [0.15, 0.2) is 0 Å². The van der Waals surface area contributed by atoms with E-state index >= 15 is 4.39 Å². The third-order valence-electron chi connectivity index (χ3n) is 8.20. The number of carbonyl (C=O) groups is 2. The number of carboxylic acids is 1. The summed E-state index contributed by atoms with van der Waals surface area (Å²) in [6, 6.07) is 7.06. The maximum Gasteiger partial charge on any atom is 0.305 e. The number of nitrogens with zero attached hydrogens (tertiary/aromatic N) is 2. The molecule has 0 bridgehead atoms. The van der Waals surface area contributed by atoms with Gasteiger partial charge in [-0.3, -0.25) is 14.4 Å². The third kappa shape index (κ3) is 9.78. The largest absolute Gasteiger partial charge is 0.481 e. The molecule has 0 aliphatic heterocycles. The Kier molecular flexibility index (Phi) is 13.6. The Bertz CT molecular complexity index is 1560. The summed E-state index contributed by atoms with van der Waals surface area (Å²) in [6.07, 6.45) is 3.00. The van der Waals surface area contributed by atoms with Crippen LogP contribution in [0.25, 0.3) is 11.1 Å². The molecule has 1 aromatic heterocycles. The van der Waals surface area contributed by atoms with Gasteiger partial charge in [-0.2, -0.15) is 13.5 Å². The Morgan fingerprint density at radius 3 is 2.11 bits per heavy atom. The predicted molar refractivity (Wildman–Crippen MR) is 185 cm³/mol. The van der Waals surface area contributed by atoms with E-state index in [0.717, 1.165) is 45.5 Å². The van der Waals surface area contributed by atoms with Gasteiger partial charge in [0, 0.05) is 24.4 Å². The van der Waals surface area contributed by atoms with Crippen LogP contribution in [0.1, 0.15) is 84.1 Å². The minimum Gasteiger partial charge on any atom is -0.481 e. The van der Waals surface area contributed by atoms with E-state index in [1.54, 1.807) is 31.3 Å². The summed E-state index contributed by atoms with van der Waals surface area (Å²) in [5.74, 6) is -1.96. The number of hydrogen-bond donors (Lipinski definition) is 2. The van der Waals surface area contributed by atoms with E-state index in [-0.39, 0.29) is 30.5 Å². The summed E-state index contributed by atoms with van der Waals surface area (Å²) in [6.45, 7) is 14.4. The van der Waals surface area contributed by atoms with Crippen molar-refractivity contribution in [2.45, 2.75) is 86.2 Å². The molecule has 1 amide bonds. The molecule has 3 aromatic rings. The van der Waals surface area contributed by atoms with E-state index in [9.17, 15) is 19.5 Å². The Labute approximate surface area is 274 Å². The second-order valence-electron chi connectivity index (χ2n) is 12.9. The van der Waals surface area contributed by atoms with Crippen molar-refractivity contribution in [3.8, 4) is 11.1 Å². The molecule has 0 spiro atoms. The van der Waals surface area contributed by atoms with Crippen LogP contribution in [0.15, 0.2) is 41.3 Å². The first-order valence-corrected chi connectivity index (χ1v) is 15.4. The molecule has 0 fully saturated rings. The third-order valence-corrected chi connectivity index (χ3v) is 8.20. The van der Waals surface area contributed by atoms with Crippen LogP contribution in [0.3, 0.4) is 0 Å². The van der Waals surface area contributed by atoms with Gasteiger partial charge >= 0.3 is 5.97 Å². The predicted octanol–water partition coefficient (Wildman–Crippen LogP) is 6.72. The van der Waals surface area contributed by atoms with Gasteiger partial charge in [0.05, 0.1) is 12.5 Å². The van der Waals surface area contributed by atoms with Crippen molar-refractivity contribution in [2.75, 3.05) is 20.6 Å². The van der Waals surface area contributed by atoms with Gasteiger partial charge in [0.2, 0.25) is 5.91 Å². The quantitative estimate of drug-likeness (QED) is 0.217. The minimum absolute atomic E-state index is 0. The highest BCUT2D eigenvalue weighted by molar-refractivity contribution is 7.59. The van der Waals surface area contributed by atoms with Crippen molar-refractivity contribution in [3.05, 3.63) is 91.6 Å². The molecule has 0 aliphatic carbocycles. The Morgan fingerprint density at radius 2 is 1.56 bits per heavy atom. The zero-order valence-electron chi connectivity index (χ0n) is 28.2. The first-order chi connectivity index (χ1) is 20.6. The fraction of sp³-hybridized carbons (Fsp3) is 0.472. The molecule has 2 atom stereocenters. The summed E-state index contributed by atoms with van der Waals surface area (Å²) in [4.78, 5) is 41.4. The maximum atomic E-state index is 15.8. The van der Waals surface area contributed by atoms with Crippen LogP contribution in [0, 0.1) is 46.4 Å². The van der Waals surface area contributed by atoms with E-state index in [4.69, 9.17) is 0 Å². The monoisotopic (exact) mass is 639 g/mol. The van der Waals surface area contributed by atoms with Crippen molar-refractivity contribution in [3.63, 3.8) is 0 Å². The van der Waals surface area contributed by atoms with E-state index in [1.165, 1.54) is 4.57 Å². The van der Waals surface area contributed by atoms with E-state index < -0.39 is 36.2 Å². The summed E-state index contributed by atoms with van der Waals surface area (Å²) < 4.78 is 17.3. The molecule has 3 rings (SSSR count). The van der Waals surface area contributed by atoms with Gasteiger partial charge in [-0.25, -0.2) is 4.39 Å². The number of halogens is 1. The van der Waals surface area contributed by atoms with Crippen LogP contribution in [0.2, 0.25) is 0 Å². The van der Waals surface area contributed by atoms with Gasteiger partial charge in [-0.05, 0) is 125 Å². The lowest BCUT2D eigenvalue weighted by Crippen LogP contribution is -2.40. The van der Waals surface area contributed by atoms with Crippen LogP contribution in [0.5, 0.6) is 0 Å². The Hall–Kier alpha value is -3.43. The van der Waals surface area contributed by atoms with Gasteiger partial charge in [-0.15, -0.1) is 0 Å². The molecule has 1 unspecified atom stereocenters. The zero-order chi connectivity index (χ0) is 32.9. The van der Waals surface area contributed by atoms with Crippen LogP contribution >= 0.6 is 13.5 Å². The highest BCUT2D eigenvalue weighted by Gasteiger charge is 2.29. The fourth-order valence-corrected chi connectivity index (χ4v) is 5.93. The zero-order valence-corrected chi connectivity index (χ0v) is 29.2. The average Bonchev–Trinajstić information content (AvgIpc) is 2.89. The van der Waals surface area contributed by atoms with Gasteiger partial charge in [0.25, 0.3) is 5.56 Å². The normalized spacial score (nSPS) is 12.6. The number of aryl methyl sites for hydroxylation is 5. The molecule has 0 radical (unpaired) electrons. The van der Waals surface area contributed by atoms with Crippen LogP contribution in [-0.2, 0) is 16.0 Å². The SMILES string of the molecule is Cc1cc(C)c(-c2cc(C)c(F)c([C@H](CC(=O)O)NC(=O)C(CCC(C)C)n3cc(CCN(C)C)c(C)cc3=O)c2)c(C)c1.S. The first-order valence-electron chi connectivity index (χ1n) is 15.4. The Balaban J connectivity index is 0.00000705. The average molecular weight is 640 g/mol. The molecule has 246 valence electrons. The lowest BCUT2D eigenvalue weighted by Gasteiger charge is -2.26. The van der Waals surface area contributed by atoms with E-state index in [1.807, 2.05) is 55.6 Å². The van der Waals surface area contributed by atoms with Gasteiger partial charge in [-0.1, -0.05) is 31.5 Å². The van der Waals surface area contributed by atoms with Gasteiger partial charge in [0.1, 0.15) is 11.9 Å². The van der Waals surface area contributed by atoms with Gasteiger partial charge < -0.3 is 19.9 Å². The minimum atomic E-state index is -1.17. The lowest BCUT2D eigenvalue weighted by atomic mass is 9.89. The molecule has 0 aliphatic rings. The molecule has 0 saturated carbocycles. The molecule has 1 heterocycles. The van der Waals surface area contributed by atoms with E-state index in [0.29, 0.717) is 24.8 Å². The van der Waals surface area contributed by atoms with Crippen molar-refractivity contribution in [2.24, 2.45) is 5.92 Å². The fourth-order valence-electron chi connectivity index (χ4n) is 5.93. The summed E-state index contributed by atoms with van der Waals surface area (Å²) in [5.41, 5.74) is 6.86. The molecular formula is C36H50FN3O4S. The highest BCUT2D eigenvalue weighted by atomic mass is 32.1. The van der Waals surface area contributed by atoms with Crippen LogP contribution < -0.4 is 10.9 Å². The van der Waals surface area contributed by atoms with Crippen molar-refractivity contribution in [1.82, 2.24) is 14.8 Å². The number of benzene rings is 2. The summed E-state index contributed by atoms with van der Waals surface area (Å²) in [7, 11) is 3.95. The number of likely N-dealkylation sites (N-methyl/N-ethyl adjacent to an activating group) is 1. The van der Waals surface area contributed by atoms with Crippen LogP contribution in [-0.4, -0.2) is 47.1 Å². The molecule has 0 saturated heterocycles. The van der Waals surface area contributed by atoms with Crippen LogP contribution in [0.4, 0.5) is 4.39 Å². The molecular weight excluding hydrogens is 589 g/mol. The lowest BCUT2D eigenvalue weighted by molar-refractivity contribution is -0.138. The first kappa shape index (κ1) is 37.8. The van der Waals surface area contributed by atoms with E-state index in [2.05, 4.69) is 22.3 Å². The number of nitrogens with one attached hydrogen (secondary N) is 1. The standard InChI is InChI=1S/C36H48FN3O4.H2S/c1-21(2)10-11-31(40-20-27(12-13-39(8)9)23(4)17-32(40)41)36(44)38-30(19-33(42)43)29-18-28(16-26(7)35(29)37)34-24(5)14-22(3)15-25(34)6;/h14-18,20-21,30-31H,10-13,19H2,1-9H3,(H,38,44)(H,42,43);1H2/t30-,31?;/m0./s1. The Morgan fingerprint density at radius 1 is 0.933 bits per heavy atom. The summed E-state index contributed by atoms with van der Waals surface area (Å²) in [5, 5.41) is 12.7. The smallest absolute Gasteiger partial charge is 0.305 e. The number of pyridine rings is 1. The van der Waals surface area contributed by atoms with Crippen molar-refractivity contribution >= 4 is 25.4 Å². The molecule has 7 nitrogen and oxygen atoms in total. The maximum absolute atomic E-state index is 15.8.